The van der Waals surface area contributed by atoms with E-state index in [0.29, 0.717) is 6.26 Å². The van der Waals surface area contributed by atoms with Crippen molar-refractivity contribution < 1.29 is 13.5 Å². The summed E-state index contributed by atoms with van der Waals surface area (Å²) in [5, 5.41) is 0. The van der Waals surface area contributed by atoms with Gasteiger partial charge in [0.25, 0.3) is 0 Å². The monoisotopic (exact) mass is 277 g/mol. The highest BCUT2D eigenvalue weighted by Crippen LogP contribution is 2.15. The lowest BCUT2D eigenvalue weighted by molar-refractivity contribution is 0.207. The summed E-state index contributed by atoms with van der Waals surface area (Å²) in [4.78, 5) is 0. The molecule has 82 valence electrons. The summed E-state index contributed by atoms with van der Waals surface area (Å²) in [5.41, 5.74) is 6.56. The van der Waals surface area contributed by atoms with Crippen LogP contribution < -0.4 is 5.73 Å². The van der Waals surface area contributed by atoms with Crippen molar-refractivity contribution >= 4 is 15.9 Å². The fourth-order valence-electron chi connectivity index (χ4n) is 1.02. The summed E-state index contributed by atoms with van der Waals surface area (Å²) in [6.45, 7) is 0.0268. The zero-order valence-corrected chi connectivity index (χ0v) is 9.38. The Hall–Kier alpha value is -0.940. The number of benzene rings is 1. The molecule has 1 rings (SSSR count). The van der Waals surface area contributed by atoms with Crippen LogP contribution in [0.1, 0.15) is 11.6 Å². The van der Waals surface area contributed by atoms with Crippen LogP contribution in [0.25, 0.3) is 0 Å². The van der Waals surface area contributed by atoms with Crippen molar-refractivity contribution in [2.24, 2.45) is 5.73 Å². The Morgan fingerprint density at radius 3 is 2.53 bits per heavy atom. The molecular formula is C10H10BrF2NO. The first-order valence-corrected chi connectivity index (χ1v) is 5.02. The van der Waals surface area contributed by atoms with Crippen LogP contribution in [0.3, 0.4) is 0 Å². The summed E-state index contributed by atoms with van der Waals surface area (Å²) in [6, 6.07) is 6.89. The smallest absolute Gasteiger partial charge is 0.304 e. The van der Waals surface area contributed by atoms with Gasteiger partial charge in [-0.3, -0.25) is 0 Å². The Bertz CT molecular complexity index is 336. The van der Waals surface area contributed by atoms with E-state index in [1.807, 2.05) is 24.3 Å². The van der Waals surface area contributed by atoms with E-state index < -0.39 is 12.1 Å². The predicted octanol–water partition coefficient (Wildman–Crippen LogP) is 3.20. The first-order chi connectivity index (χ1) is 7.09. The Labute approximate surface area is 94.9 Å². The zero-order valence-electron chi connectivity index (χ0n) is 7.79. The maximum absolute atomic E-state index is 11.6. The highest BCUT2D eigenvalue weighted by Gasteiger charge is 2.05. The van der Waals surface area contributed by atoms with E-state index in [-0.39, 0.29) is 6.61 Å². The van der Waals surface area contributed by atoms with Crippen LogP contribution in [-0.4, -0.2) is 6.61 Å². The summed E-state index contributed by atoms with van der Waals surface area (Å²) in [5.74, 6) is 0. The van der Waals surface area contributed by atoms with E-state index in [4.69, 9.17) is 5.73 Å². The fraction of sp³-hybridized carbons (Fsp3) is 0.200. The van der Waals surface area contributed by atoms with Gasteiger partial charge < -0.3 is 10.5 Å². The molecule has 0 aliphatic heterocycles. The van der Waals surface area contributed by atoms with E-state index in [0.717, 1.165) is 10.0 Å². The van der Waals surface area contributed by atoms with E-state index in [2.05, 4.69) is 20.7 Å². The van der Waals surface area contributed by atoms with Crippen LogP contribution in [0.15, 0.2) is 41.1 Å². The molecule has 0 saturated carbocycles. The molecule has 2 nitrogen and oxygen atoms in total. The number of hydrogen-bond donors (Lipinski definition) is 1. The van der Waals surface area contributed by atoms with Gasteiger partial charge in [0.05, 0.1) is 6.04 Å². The van der Waals surface area contributed by atoms with Crippen LogP contribution in [0, 0.1) is 0 Å². The van der Waals surface area contributed by atoms with E-state index in [9.17, 15) is 8.78 Å². The minimum Gasteiger partial charge on any atom is -0.494 e. The third-order valence-corrected chi connectivity index (χ3v) is 2.28. The molecule has 1 atom stereocenters. The van der Waals surface area contributed by atoms with Gasteiger partial charge in [0, 0.05) is 4.47 Å². The van der Waals surface area contributed by atoms with Crippen molar-refractivity contribution in [2.75, 3.05) is 6.61 Å². The van der Waals surface area contributed by atoms with Crippen molar-refractivity contribution in [3.8, 4) is 0 Å². The van der Waals surface area contributed by atoms with E-state index in [1.54, 1.807) is 0 Å². The molecule has 15 heavy (non-hydrogen) atoms. The number of nitrogens with two attached hydrogens (primary N) is 1. The van der Waals surface area contributed by atoms with E-state index in [1.165, 1.54) is 0 Å². The lowest BCUT2D eigenvalue weighted by Crippen LogP contribution is -2.15. The second-order valence-electron chi connectivity index (χ2n) is 2.90. The average Bonchev–Trinajstić information content (AvgIpc) is 2.18. The fourth-order valence-corrected chi connectivity index (χ4v) is 1.29. The largest absolute Gasteiger partial charge is 0.494 e. The molecule has 0 aliphatic rings. The minimum atomic E-state index is -1.86. The lowest BCUT2D eigenvalue weighted by atomic mass is 10.1. The summed E-state index contributed by atoms with van der Waals surface area (Å²) in [6.07, 6.45) is -1.46. The Balaban J connectivity index is 2.50. The van der Waals surface area contributed by atoms with Gasteiger partial charge in [0.2, 0.25) is 0 Å². The highest BCUT2D eigenvalue weighted by atomic mass is 79.9. The highest BCUT2D eigenvalue weighted by molar-refractivity contribution is 9.10. The molecular weight excluding hydrogens is 268 g/mol. The third kappa shape index (κ3) is 4.40. The molecule has 0 unspecified atom stereocenters. The van der Waals surface area contributed by atoms with Crippen molar-refractivity contribution in [1.82, 2.24) is 0 Å². The molecule has 0 bridgehead atoms. The van der Waals surface area contributed by atoms with Gasteiger partial charge in [-0.15, -0.1) is 0 Å². The molecule has 2 N–H and O–H groups in total. The Kier molecular flexibility index (Phi) is 4.71. The molecule has 0 aromatic heterocycles. The molecule has 1 aromatic carbocycles. The van der Waals surface area contributed by atoms with Gasteiger partial charge in [0.1, 0.15) is 12.9 Å². The molecule has 1 aromatic rings. The quantitative estimate of drug-likeness (QED) is 0.858. The second-order valence-corrected chi connectivity index (χ2v) is 3.81. The van der Waals surface area contributed by atoms with Crippen LogP contribution >= 0.6 is 15.9 Å². The van der Waals surface area contributed by atoms with Gasteiger partial charge in [-0.25, -0.2) is 0 Å². The van der Waals surface area contributed by atoms with E-state index >= 15 is 0 Å². The van der Waals surface area contributed by atoms with Crippen LogP contribution in [0.4, 0.5) is 8.78 Å². The molecule has 0 amide bonds. The van der Waals surface area contributed by atoms with Crippen LogP contribution in [0.5, 0.6) is 0 Å². The Morgan fingerprint density at radius 1 is 1.40 bits per heavy atom. The standard InChI is InChI=1S/C10H10BrF2NO/c11-8-3-1-7(2-4-8)9(14)5-15-6-10(12)13/h1-4,6,9H,5,14H2/t9-/m0/s1. The number of ether oxygens (including phenoxy) is 1. The van der Waals surface area contributed by atoms with Crippen molar-refractivity contribution in [1.29, 1.82) is 0 Å². The van der Waals surface area contributed by atoms with Crippen LogP contribution in [-0.2, 0) is 4.74 Å². The molecule has 0 saturated heterocycles. The van der Waals surface area contributed by atoms with Gasteiger partial charge in [-0.1, -0.05) is 28.1 Å². The van der Waals surface area contributed by atoms with Gasteiger partial charge in [-0.2, -0.15) is 8.78 Å². The molecule has 0 aliphatic carbocycles. The summed E-state index contributed by atoms with van der Waals surface area (Å²) < 4.78 is 28.8. The first kappa shape index (κ1) is 12.1. The molecule has 0 radical (unpaired) electrons. The minimum absolute atomic E-state index is 0.0268. The van der Waals surface area contributed by atoms with Crippen LogP contribution in [0.2, 0.25) is 0 Å². The van der Waals surface area contributed by atoms with Crippen molar-refractivity contribution in [2.45, 2.75) is 6.04 Å². The number of hydrogen-bond acceptors (Lipinski definition) is 2. The maximum Gasteiger partial charge on any atom is 0.304 e. The van der Waals surface area contributed by atoms with Gasteiger partial charge >= 0.3 is 6.08 Å². The number of rotatable bonds is 4. The van der Waals surface area contributed by atoms with Crippen molar-refractivity contribution in [3.63, 3.8) is 0 Å². The van der Waals surface area contributed by atoms with Crippen molar-refractivity contribution in [3.05, 3.63) is 46.6 Å². The molecule has 0 fully saturated rings. The predicted molar refractivity (Wildman–Crippen MR) is 57.3 cm³/mol. The van der Waals surface area contributed by atoms with Gasteiger partial charge in [-0.05, 0) is 17.7 Å². The Morgan fingerprint density at radius 2 is 2.00 bits per heavy atom. The zero-order chi connectivity index (χ0) is 11.3. The summed E-state index contributed by atoms with van der Waals surface area (Å²) in [7, 11) is 0. The topological polar surface area (TPSA) is 35.2 Å². The molecule has 0 heterocycles. The maximum atomic E-state index is 11.6. The SMILES string of the molecule is N[C@@H](COC=C(F)F)c1ccc(Br)cc1. The third-order valence-electron chi connectivity index (χ3n) is 1.75. The lowest BCUT2D eigenvalue weighted by Gasteiger charge is -2.10. The van der Waals surface area contributed by atoms with Gasteiger partial charge in [0.15, 0.2) is 0 Å². The summed E-state index contributed by atoms with van der Waals surface area (Å²) >= 11 is 3.29. The number of halogens is 3. The normalized spacial score (nSPS) is 12.0. The molecule has 0 spiro atoms. The average molecular weight is 278 g/mol. The second kappa shape index (κ2) is 5.82. The molecule has 5 heteroatoms. The first-order valence-electron chi connectivity index (χ1n) is 4.23.